The third-order valence-electron chi connectivity index (χ3n) is 0.986. The molecule has 1 rings (SSSR count). The summed E-state index contributed by atoms with van der Waals surface area (Å²) in [6.45, 7) is 0. The van der Waals surface area contributed by atoms with Crippen molar-refractivity contribution >= 4 is 23.2 Å². The second-order valence-electron chi connectivity index (χ2n) is 1.62. The standard InChI is InChI=1S/C5H6Cl2N2O/c1-10-3-2-4(6)8-9-5(3)7/h2,8-9H,1H3. The maximum Gasteiger partial charge on any atom is 0.163 e. The second kappa shape index (κ2) is 3.03. The average Bonchev–Trinajstić information content (AvgIpc) is 1.94. The molecule has 0 atom stereocenters. The van der Waals surface area contributed by atoms with Crippen LogP contribution in [0.1, 0.15) is 0 Å². The molecule has 0 saturated heterocycles. The predicted molar refractivity (Wildman–Crippen MR) is 40.1 cm³/mol. The lowest BCUT2D eigenvalue weighted by Crippen LogP contribution is -2.30. The minimum absolute atomic E-state index is 0.395. The van der Waals surface area contributed by atoms with Crippen molar-refractivity contribution in [2.24, 2.45) is 0 Å². The highest BCUT2D eigenvalue weighted by molar-refractivity contribution is 6.31. The van der Waals surface area contributed by atoms with Crippen molar-refractivity contribution in [1.29, 1.82) is 0 Å². The monoisotopic (exact) mass is 180 g/mol. The van der Waals surface area contributed by atoms with Crippen molar-refractivity contribution in [3.63, 3.8) is 0 Å². The van der Waals surface area contributed by atoms with E-state index in [1.54, 1.807) is 6.08 Å². The SMILES string of the molecule is COC1=C(Cl)NNC(Cl)=C1. The van der Waals surface area contributed by atoms with Gasteiger partial charge in [0.25, 0.3) is 0 Å². The molecule has 56 valence electrons. The molecule has 10 heavy (non-hydrogen) atoms. The van der Waals surface area contributed by atoms with E-state index >= 15 is 0 Å². The summed E-state index contributed by atoms with van der Waals surface area (Å²) >= 11 is 11.2. The van der Waals surface area contributed by atoms with Crippen LogP contribution in [0, 0.1) is 0 Å². The molecule has 0 amide bonds. The van der Waals surface area contributed by atoms with Crippen LogP contribution >= 0.6 is 23.2 Å². The number of methoxy groups -OCH3 is 1. The summed E-state index contributed by atoms with van der Waals surface area (Å²) in [4.78, 5) is 0. The Morgan fingerprint density at radius 1 is 1.40 bits per heavy atom. The summed E-state index contributed by atoms with van der Waals surface area (Å²) in [5.74, 6) is 0.519. The van der Waals surface area contributed by atoms with Crippen molar-refractivity contribution in [2.75, 3.05) is 7.11 Å². The fraction of sp³-hybridized carbons (Fsp3) is 0.200. The quantitative estimate of drug-likeness (QED) is 0.597. The van der Waals surface area contributed by atoms with Gasteiger partial charge in [0.15, 0.2) is 10.9 Å². The molecule has 0 unspecified atom stereocenters. The summed E-state index contributed by atoms with van der Waals surface area (Å²) in [6, 6.07) is 0. The molecule has 0 saturated carbocycles. The first-order valence-electron chi connectivity index (χ1n) is 2.57. The van der Waals surface area contributed by atoms with Crippen LogP contribution in [0.2, 0.25) is 0 Å². The van der Waals surface area contributed by atoms with Gasteiger partial charge in [0, 0.05) is 6.08 Å². The topological polar surface area (TPSA) is 33.3 Å². The minimum Gasteiger partial charge on any atom is -0.493 e. The van der Waals surface area contributed by atoms with Gasteiger partial charge in [-0.15, -0.1) is 0 Å². The maximum atomic E-state index is 5.63. The molecule has 2 N–H and O–H groups in total. The van der Waals surface area contributed by atoms with Gasteiger partial charge in [-0.2, -0.15) is 0 Å². The largest absolute Gasteiger partial charge is 0.493 e. The molecule has 0 aliphatic carbocycles. The zero-order chi connectivity index (χ0) is 7.56. The normalized spacial score (nSPS) is 17.3. The van der Waals surface area contributed by atoms with E-state index in [0.29, 0.717) is 16.1 Å². The Bertz CT molecular complexity index is 200. The zero-order valence-electron chi connectivity index (χ0n) is 5.24. The van der Waals surface area contributed by atoms with E-state index in [9.17, 15) is 0 Å². The lowest BCUT2D eigenvalue weighted by atomic mass is 10.5. The Balaban J connectivity index is 2.82. The van der Waals surface area contributed by atoms with Gasteiger partial charge in [-0.3, -0.25) is 10.9 Å². The number of hydrogen-bond donors (Lipinski definition) is 2. The van der Waals surface area contributed by atoms with Gasteiger partial charge in [0.2, 0.25) is 0 Å². The number of halogens is 2. The van der Waals surface area contributed by atoms with Crippen LogP contribution < -0.4 is 10.9 Å². The molecule has 0 aromatic heterocycles. The van der Waals surface area contributed by atoms with Crippen molar-refractivity contribution in [3.05, 3.63) is 22.1 Å². The summed E-state index contributed by atoms with van der Waals surface area (Å²) in [6.07, 6.45) is 1.58. The van der Waals surface area contributed by atoms with Gasteiger partial charge in [0.05, 0.1) is 7.11 Å². The van der Waals surface area contributed by atoms with Gasteiger partial charge in [-0.05, 0) is 0 Å². The molecular formula is C5H6Cl2N2O. The van der Waals surface area contributed by atoms with Crippen molar-refractivity contribution in [1.82, 2.24) is 10.9 Å². The third kappa shape index (κ3) is 1.49. The Morgan fingerprint density at radius 3 is 2.60 bits per heavy atom. The number of nitrogens with one attached hydrogen (secondary N) is 2. The zero-order valence-corrected chi connectivity index (χ0v) is 6.75. The number of hydrazine groups is 1. The lowest BCUT2D eigenvalue weighted by Gasteiger charge is -2.15. The van der Waals surface area contributed by atoms with Crippen LogP contribution in [0.3, 0.4) is 0 Å². The number of allylic oxidation sites excluding steroid dienone is 1. The first kappa shape index (κ1) is 7.57. The number of rotatable bonds is 1. The summed E-state index contributed by atoms with van der Waals surface area (Å²) in [5.41, 5.74) is 5.21. The Kier molecular flexibility index (Phi) is 2.29. The van der Waals surface area contributed by atoms with Crippen molar-refractivity contribution in [3.8, 4) is 0 Å². The van der Waals surface area contributed by atoms with Crippen LogP contribution in [-0.2, 0) is 4.74 Å². The molecule has 0 aromatic rings. The average molecular weight is 181 g/mol. The van der Waals surface area contributed by atoms with Crippen LogP contribution in [0.5, 0.6) is 0 Å². The van der Waals surface area contributed by atoms with E-state index < -0.39 is 0 Å². The van der Waals surface area contributed by atoms with E-state index in [1.165, 1.54) is 7.11 Å². The molecular weight excluding hydrogens is 175 g/mol. The van der Waals surface area contributed by atoms with Crippen LogP contribution in [0.25, 0.3) is 0 Å². The van der Waals surface area contributed by atoms with Gasteiger partial charge < -0.3 is 4.74 Å². The summed E-state index contributed by atoms with van der Waals surface area (Å²) in [5, 5.41) is 0.841. The molecule has 3 nitrogen and oxygen atoms in total. The van der Waals surface area contributed by atoms with Crippen LogP contribution in [-0.4, -0.2) is 7.11 Å². The van der Waals surface area contributed by atoms with Crippen molar-refractivity contribution < 1.29 is 4.74 Å². The number of hydrogen-bond acceptors (Lipinski definition) is 3. The number of ether oxygens (including phenoxy) is 1. The molecule has 5 heteroatoms. The van der Waals surface area contributed by atoms with Gasteiger partial charge >= 0.3 is 0 Å². The van der Waals surface area contributed by atoms with E-state index in [-0.39, 0.29) is 0 Å². The Hall–Kier alpha value is -0.540. The highest BCUT2D eigenvalue weighted by Gasteiger charge is 2.08. The van der Waals surface area contributed by atoms with E-state index in [4.69, 9.17) is 27.9 Å². The maximum absolute atomic E-state index is 5.63. The van der Waals surface area contributed by atoms with Gasteiger partial charge in [-0.25, -0.2) is 0 Å². The second-order valence-corrected chi connectivity index (χ2v) is 2.41. The van der Waals surface area contributed by atoms with Gasteiger partial charge in [0.1, 0.15) is 5.16 Å². The van der Waals surface area contributed by atoms with Crippen molar-refractivity contribution in [2.45, 2.75) is 0 Å². The molecule has 0 spiro atoms. The van der Waals surface area contributed by atoms with E-state index in [0.717, 1.165) is 0 Å². The molecule has 1 heterocycles. The molecule has 0 fully saturated rings. The first-order valence-corrected chi connectivity index (χ1v) is 3.32. The highest BCUT2D eigenvalue weighted by Crippen LogP contribution is 2.14. The fourth-order valence-corrected chi connectivity index (χ4v) is 0.865. The van der Waals surface area contributed by atoms with Gasteiger partial charge in [-0.1, -0.05) is 23.2 Å². The highest BCUT2D eigenvalue weighted by atomic mass is 35.5. The van der Waals surface area contributed by atoms with E-state index in [2.05, 4.69) is 10.9 Å². The smallest absolute Gasteiger partial charge is 0.163 e. The predicted octanol–water partition coefficient (Wildman–Crippen LogP) is 1.23. The molecule has 0 radical (unpaired) electrons. The third-order valence-corrected chi connectivity index (χ3v) is 1.47. The molecule has 1 aliphatic heterocycles. The first-order chi connectivity index (χ1) is 4.74. The fourth-order valence-electron chi connectivity index (χ4n) is 0.539. The van der Waals surface area contributed by atoms with E-state index in [1.807, 2.05) is 0 Å². The summed E-state index contributed by atoms with van der Waals surface area (Å²) in [7, 11) is 1.52. The molecule has 0 bridgehead atoms. The lowest BCUT2D eigenvalue weighted by molar-refractivity contribution is 0.298. The molecule has 1 aliphatic rings. The van der Waals surface area contributed by atoms with Crippen LogP contribution in [0.15, 0.2) is 22.1 Å². The summed E-state index contributed by atoms with van der Waals surface area (Å²) < 4.78 is 4.86. The minimum atomic E-state index is 0.395. The Morgan fingerprint density at radius 2 is 2.10 bits per heavy atom. The van der Waals surface area contributed by atoms with Crippen LogP contribution in [0.4, 0.5) is 0 Å². The molecule has 0 aromatic carbocycles. The Labute approximate surface area is 68.6 Å².